The molecule has 18 heavy (non-hydrogen) atoms. The minimum absolute atomic E-state index is 0.133. The highest BCUT2D eigenvalue weighted by Crippen LogP contribution is 2.35. The molecule has 2 atom stereocenters. The number of halogens is 1. The summed E-state index contributed by atoms with van der Waals surface area (Å²) in [6.07, 6.45) is 0.278. The molecule has 0 saturated carbocycles. The van der Waals surface area contributed by atoms with Gasteiger partial charge in [-0.15, -0.1) is 0 Å². The fourth-order valence-corrected chi connectivity index (χ4v) is 2.58. The van der Waals surface area contributed by atoms with Crippen molar-refractivity contribution in [3.63, 3.8) is 0 Å². The fraction of sp³-hybridized carbons (Fsp3) is 0.429. The first-order valence-electron chi connectivity index (χ1n) is 6.08. The van der Waals surface area contributed by atoms with E-state index in [-0.39, 0.29) is 41.8 Å². The lowest BCUT2D eigenvalue weighted by Crippen LogP contribution is -2.46. The molecular weight excluding hydrogens is 233 g/mol. The number of carbonyl (C=O) groups is 2. The molecule has 0 radical (unpaired) electrons. The van der Waals surface area contributed by atoms with Crippen molar-refractivity contribution < 1.29 is 14.0 Å². The van der Waals surface area contributed by atoms with E-state index in [2.05, 4.69) is 5.32 Å². The van der Waals surface area contributed by atoms with Gasteiger partial charge < -0.3 is 0 Å². The Morgan fingerprint density at radius 2 is 1.83 bits per heavy atom. The van der Waals surface area contributed by atoms with Crippen molar-refractivity contribution in [2.45, 2.75) is 26.2 Å². The molecule has 1 heterocycles. The normalized spacial score (nSPS) is 24.2. The predicted octanol–water partition coefficient (Wildman–Crippen LogP) is 2.23. The second-order valence-electron chi connectivity index (χ2n) is 5.04. The molecule has 1 aromatic carbocycles. The van der Waals surface area contributed by atoms with Gasteiger partial charge in [-0.2, -0.15) is 0 Å². The van der Waals surface area contributed by atoms with Crippen LogP contribution in [0.1, 0.15) is 31.7 Å². The molecule has 1 saturated heterocycles. The average Bonchev–Trinajstić information content (AvgIpc) is 2.28. The van der Waals surface area contributed by atoms with Crippen LogP contribution >= 0.6 is 0 Å². The van der Waals surface area contributed by atoms with Crippen molar-refractivity contribution in [2.75, 3.05) is 0 Å². The number of piperidine rings is 1. The summed E-state index contributed by atoms with van der Waals surface area (Å²) in [4.78, 5) is 23.4. The van der Waals surface area contributed by atoms with Crippen LogP contribution in [0.15, 0.2) is 24.3 Å². The minimum atomic E-state index is -0.313. The number of nitrogens with one attached hydrogen (secondary N) is 1. The van der Waals surface area contributed by atoms with E-state index in [1.807, 2.05) is 13.8 Å². The number of amides is 2. The number of rotatable bonds is 2. The molecule has 96 valence electrons. The van der Waals surface area contributed by atoms with Crippen molar-refractivity contribution in [3.05, 3.63) is 35.6 Å². The molecule has 4 heteroatoms. The highest BCUT2D eigenvalue weighted by Gasteiger charge is 2.38. The molecule has 0 bridgehead atoms. The lowest BCUT2D eigenvalue weighted by atomic mass is 9.75. The molecule has 1 fully saturated rings. The number of hydrogen-bond acceptors (Lipinski definition) is 2. The quantitative estimate of drug-likeness (QED) is 0.817. The number of benzene rings is 1. The van der Waals surface area contributed by atoms with Gasteiger partial charge in [-0.1, -0.05) is 26.0 Å². The predicted molar refractivity (Wildman–Crippen MR) is 65.2 cm³/mol. The summed E-state index contributed by atoms with van der Waals surface area (Å²) >= 11 is 0. The van der Waals surface area contributed by atoms with Crippen molar-refractivity contribution in [1.29, 1.82) is 0 Å². The first kappa shape index (κ1) is 12.7. The molecule has 1 aliphatic rings. The number of carbonyl (C=O) groups excluding carboxylic acids is 2. The Kier molecular flexibility index (Phi) is 3.45. The van der Waals surface area contributed by atoms with E-state index in [0.29, 0.717) is 0 Å². The summed E-state index contributed by atoms with van der Waals surface area (Å²) in [7, 11) is 0. The van der Waals surface area contributed by atoms with Crippen LogP contribution in [-0.4, -0.2) is 11.8 Å². The molecule has 2 amide bonds. The van der Waals surface area contributed by atoms with Crippen molar-refractivity contribution in [2.24, 2.45) is 11.8 Å². The van der Waals surface area contributed by atoms with Crippen LogP contribution in [0.4, 0.5) is 4.39 Å². The van der Waals surface area contributed by atoms with E-state index in [9.17, 15) is 14.0 Å². The third-order valence-electron chi connectivity index (χ3n) is 3.42. The van der Waals surface area contributed by atoms with Gasteiger partial charge in [0.2, 0.25) is 11.8 Å². The van der Waals surface area contributed by atoms with Gasteiger partial charge >= 0.3 is 0 Å². The van der Waals surface area contributed by atoms with Crippen LogP contribution in [0.2, 0.25) is 0 Å². The molecule has 0 aliphatic carbocycles. The molecule has 1 N–H and O–H groups in total. The Hall–Kier alpha value is -1.71. The highest BCUT2D eigenvalue weighted by molar-refractivity contribution is 6.00. The van der Waals surface area contributed by atoms with Crippen LogP contribution < -0.4 is 5.32 Å². The monoisotopic (exact) mass is 249 g/mol. The lowest BCUT2D eigenvalue weighted by molar-refractivity contribution is -0.138. The first-order valence-corrected chi connectivity index (χ1v) is 6.08. The zero-order valence-corrected chi connectivity index (χ0v) is 10.4. The molecule has 2 unspecified atom stereocenters. The standard InChI is InChI=1S/C14H16FNO2/c1-8(2)13-11(7-12(17)16-14(13)18)9-3-5-10(15)6-4-9/h3-6,8,11,13H,7H2,1-2H3,(H,16,17,18). The van der Waals surface area contributed by atoms with E-state index in [1.165, 1.54) is 12.1 Å². The van der Waals surface area contributed by atoms with Crippen molar-refractivity contribution >= 4 is 11.8 Å². The van der Waals surface area contributed by atoms with Gasteiger partial charge in [0.05, 0.1) is 0 Å². The van der Waals surface area contributed by atoms with E-state index >= 15 is 0 Å². The van der Waals surface area contributed by atoms with Crippen LogP contribution in [0.25, 0.3) is 0 Å². The third kappa shape index (κ3) is 2.42. The molecule has 2 rings (SSSR count). The zero-order valence-electron chi connectivity index (χ0n) is 10.4. The fourth-order valence-electron chi connectivity index (χ4n) is 2.58. The average molecular weight is 249 g/mol. The smallest absolute Gasteiger partial charge is 0.230 e. The number of imide groups is 1. The maximum Gasteiger partial charge on any atom is 0.230 e. The molecule has 0 aromatic heterocycles. The molecule has 0 spiro atoms. The van der Waals surface area contributed by atoms with Crippen molar-refractivity contribution in [3.8, 4) is 0 Å². The third-order valence-corrected chi connectivity index (χ3v) is 3.42. The van der Waals surface area contributed by atoms with E-state index < -0.39 is 0 Å². The van der Waals surface area contributed by atoms with E-state index in [4.69, 9.17) is 0 Å². The van der Waals surface area contributed by atoms with E-state index in [1.54, 1.807) is 12.1 Å². The van der Waals surface area contributed by atoms with Crippen LogP contribution in [0.5, 0.6) is 0 Å². The topological polar surface area (TPSA) is 46.2 Å². The number of hydrogen-bond donors (Lipinski definition) is 1. The summed E-state index contributed by atoms with van der Waals surface area (Å²) in [5.74, 6) is -1.07. The zero-order chi connectivity index (χ0) is 13.3. The Bertz CT molecular complexity index is 467. The van der Waals surface area contributed by atoms with Gasteiger partial charge in [-0.05, 0) is 23.6 Å². The second-order valence-corrected chi connectivity index (χ2v) is 5.04. The first-order chi connectivity index (χ1) is 8.49. The maximum atomic E-state index is 12.9. The van der Waals surface area contributed by atoms with Crippen LogP contribution in [-0.2, 0) is 9.59 Å². The molecule has 3 nitrogen and oxygen atoms in total. The van der Waals surface area contributed by atoms with E-state index in [0.717, 1.165) is 5.56 Å². The second kappa shape index (κ2) is 4.88. The van der Waals surface area contributed by atoms with Gasteiger partial charge in [0, 0.05) is 18.3 Å². The summed E-state index contributed by atoms with van der Waals surface area (Å²) in [6, 6.07) is 6.04. The summed E-state index contributed by atoms with van der Waals surface area (Å²) in [6.45, 7) is 3.91. The summed E-state index contributed by atoms with van der Waals surface area (Å²) in [5.41, 5.74) is 0.846. The van der Waals surface area contributed by atoms with Crippen LogP contribution in [0.3, 0.4) is 0 Å². The molecule has 1 aromatic rings. The Morgan fingerprint density at radius 1 is 1.22 bits per heavy atom. The summed E-state index contributed by atoms with van der Waals surface area (Å²) < 4.78 is 12.9. The SMILES string of the molecule is CC(C)C1C(=O)NC(=O)CC1c1ccc(F)cc1. The minimum Gasteiger partial charge on any atom is -0.296 e. The Labute approximate surface area is 105 Å². The highest BCUT2D eigenvalue weighted by atomic mass is 19.1. The molecular formula is C14H16FNO2. The van der Waals surface area contributed by atoms with Crippen LogP contribution in [0, 0.1) is 17.7 Å². The Morgan fingerprint density at radius 3 is 2.39 bits per heavy atom. The largest absolute Gasteiger partial charge is 0.296 e. The summed E-state index contributed by atoms with van der Waals surface area (Å²) in [5, 5.41) is 2.37. The van der Waals surface area contributed by atoms with Gasteiger partial charge in [0.25, 0.3) is 0 Å². The van der Waals surface area contributed by atoms with Gasteiger partial charge in [0.15, 0.2) is 0 Å². The maximum absolute atomic E-state index is 12.9. The van der Waals surface area contributed by atoms with Gasteiger partial charge in [-0.25, -0.2) is 4.39 Å². The Balaban J connectivity index is 2.34. The molecule has 1 aliphatic heterocycles. The lowest BCUT2D eigenvalue weighted by Gasteiger charge is -2.32. The van der Waals surface area contributed by atoms with Gasteiger partial charge in [0.1, 0.15) is 5.82 Å². The van der Waals surface area contributed by atoms with Gasteiger partial charge in [-0.3, -0.25) is 14.9 Å². The van der Waals surface area contributed by atoms with Crippen molar-refractivity contribution in [1.82, 2.24) is 5.32 Å².